The van der Waals surface area contributed by atoms with Crippen LogP contribution in [0.15, 0.2) is 12.1 Å². The minimum Gasteiger partial charge on any atom is -0.480 e. The quantitative estimate of drug-likeness (QED) is 0.489. The number of carbonyl (C=O) groups excluding carboxylic acids is 1. The lowest BCUT2D eigenvalue weighted by atomic mass is 9.98. The molecular weight excluding hydrogens is 412 g/mol. The molecule has 0 spiro atoms. The smallest absolute Gasteiger partial charge is 0.326 e. The Hall–Kier alpha value is -2.23. The van der Waals surface area contributed by atoms with E-state index in [4.69, 9.17) is 14.5 Å². The Morgan fingerprint density at radius 3 is 2.91 bits per heavy atom. The first-order chi connectivity index (χ1) is 15.6. The number of rotatable bonds is 10. The number of anilines is 1. The summed E-state index contributed by atoms with van der Waals surface area (Å²) in [5, 5.41) is 15.6. The molecule has 1 aromatic heterocycles. The number of carboxylic acid groups (broad SMARTS) is 1. The highest BCUT2D eigenvalue weighted by Crippen LogP contribution is 2.20. The Kier molecular flexibility index (Phi) is 7.94. The van der Waals surface area contributed by atoms with E-state index in [0.717, 1.165) is 50.4 Å². The summed E-state index contributed by atoms with van der Waals surface area (Å²) in [5.74, 6) is -0.282. The lowest BCUT2D eigenvalue weighted by molar-refractivity contribution is -0.143. The molecule has 0 bridgehead atoms. The van der Waals surface area contributed by atoms with Gasteiger partial charge in [-0.25, -0.2) is 9.78 Å². The van der Waals surface area contributed by atoms with Gasteiger partial charge in [-0.05, 0) is 43.7 Å². The molecule has 1 aromatic rings. The van der Waals surface area contributed by atoms with Crippen molar-refractivity contribution < 1.29 is 24.2 Å². The van der Waals surface area contributed by atoms with Crippen LogP contribution in [0, 0.1) is 5.92 Å². The summed E-state index contributed by atoms with van der Waals surface area (Å²) < 4.78 is 11.2. The lowest BCUT2D eigenvalue weighted by Gasteiger charge is -2.39. The van der Waals surface area contributed by atoms with Crippen molar-refractivity contribution in [2.75, 3.05) is 51.3 Å². The van der Waals surface area contributed by atoms with Crippen molar-refractivity contribution in [3.63, 3.8) is 0 Å². The van der Waals surface area contributed by atoms with E-state index >= 15 is 0 Å². The highest BCUT2D eigenvalue weighted by molar-refractivity contribution is 5.85. The molecule has 0 radical (unpaired) electrons. The Labute approximate surface area is 188 Å². The number of ether oxygens (including phenoxy) is 2. The molecule has 1 atom stereocenters. The van der Waals surface area contributed by atoms with Gasteiger partial charge in [0.15, 0.2) is 0 Å². The summed E-state index contributed by atoms with van der Waals surface area (Å²) in [6.07, 6.45) is 4.90. The normalized spacial score (nSPS) is 20.6. The number of carbonyl (C=O) groups is 2. The largest absolute Gasteiger partial charge is 0.480 e. The average molecular weight is 447 g/mol. The predicted octanol–water partition coefficient (Wildman–Crippen LogP) is 1.07. The van der Waals surface area contributed by atoms with Gasteiger partial charge < -0.3 is 25.2 Å². The van der Waals surface area contributed by atoms with E-state index in [-0.39, 0.29) is 17.9 Å². The van der Waals surface area contributed by atoms with Crippen LogP contribution in [0.25, 0.3) is 0 Å². The van der Waals surface area contributed by atoms with Crippen LogP contribution in [0.3, 0.4) is 0 Å². The summed E-state index contributed by atoms with van der Waals surface area (Å²) in [6.45, 7) is 4.94. The second-order valence-corrected chi connectivity index (χ2v) is 8.92. The Balaban J connectivity index is 1.12. The maximum atomic E-state index is 12.3. The van der Waals surface area contributed by atoms with Crippen molar-refractivity contribution in [3.8, 4) is 0 Å². The van der Waals surface area contributed by atoms with Crippen LogP contribution in [-0.4, -0.2) is 85.0 Å². The molecule has 9 nitrogen and oxygen atoms in total. The number of pyridine rings is 1. The molecule has 2 saturated heterocycles. The van der Waals surface area contributed by atoms with Crippen LogP contribution < -0.4 is 10.6 Å². The van der Waals surface area contributed by atoms with Gasteiger partial charge in [-0.1, -0.05) is 6.07 Å². The highest BCUT2D eigenvalue weighted by Gasteiger charge is 2.30. The van der Waals surface area contributed by atoms with Crippen molar-refractivity contribution in [2.24, 2.45) is 5.92 Å². The van der Waals surface area contributed by atoms with Gasteiger partial charge in [0.05, 0.1) is 12.7 Å². The first-order valence-electron chi connectivity index (χ1n) is 11.8. The van der Waals surface area contributed by atoms with Crippen molar-refractivity contribution in [3.05, 3.63) is 23.4 Å². The van der Waals surface area contributed by atoms with E-state index in [1.165, 1.54) is 5.56 Å². The van der Waals surface area contributed by atoms with Gasteiger partial charge in [0.2, 0.25) is 5.91 Å². The molecule has 3 aliphatic heterocycles. The van der Waals surface area contributed by atoms with Gasteiger partial charge in [-0.15, -0.1) is 0 Å². The summed E-state index contributed by atoms with van der Waals surface area (Å²) in [7, 11) is 0. The van der Waals surface area contributed by atoms with Crippen LogP contribution in [-0.2, 0) is 31.9 Å². The zero-order valence-electron chi connectivity index (χ0n) is 18.6. The first kappa shape index (κ1) is 22.9. The van der Waals surface area contributed by atoms with Crippen molar-refractivity contribution in [1.29, 1.82) is 0 Å². The average Bonchev–Trinajstić information content (AvgIpc) is 2.79. The molecule has 2 fully saturated rings. The maximum Gasteiger partial charge on any atom is 0.326 e. The monoisotopic (exact) mass is 446 g/mol. The number of likely N-dealkylation sites (tertiary alicyclic amines) is 1. The van der Waals surface area contributed by atoms with Crippen LogP contribution in [0.1, 0.15) is 36.9 Å². The zero-order valence-corrected chi connectivity index (χ0v) is 18.6. The molecule has 4 heterocycles. The SMILES string of the molecule is O=C(N[C@@H](CCN1CC(OCCc2ccc3c(n2)NCCC3)C1)C(=O)O)C1CCOCC1. The van der Waals surface area contributed by atoms with Gasteiger partial charge in [0.1, 0.15) is 11.9 Å². The third-order valence-corrected chi connectivity index (χ3v) is 6.53. The minimum atomic E-state index is -0.981. The van der Waals surface area contributed by atoms with Gasteiger partial charge in [0, 0.05) is 57.4 Å². The summed E-state index contributed by atoms with van der Waals surface area (Å²) in [5.41, 5.74) is 2.33. The van der Waals surface area contributed by atoms with E-state index in [1.807, 2.05) is 0 Å². The number of carboxylic acids is 1. The number of amides is 1. The van der Waals surface area contributed by atoms with Gasteiger partial charge in [-0.2, -0.15) is 0 Å². The minimum absolute atomic E-state index is 0.146. The van der Waals surface area contributed by atoms with E-state index in [2.05, 4.69) is 27.7 Å². The molecule has 1 amide bonds. The molecule has 0 saturated carbocycles. The number of nitrogens with one attached hydrogen (secondary N) is 2. The fourth-order valence-electron chi connectivity index (χ4n) is 4.47. The number of nitrogens with zero attached hydrogens (tertiary/aromatic N) is 2. The molecule has 4 rings (SSSR count). The third kappa shape index (κ3) is 6.17. The molecular formula is C23H34N4O5. The summed E-state index contributed by atoms with van der Waals surface area (Å²) in [6, 6.07) is 3.39. The zero-order chi connectivity index (χ0) is 22.3. The van der Waals surface area contributed by atoms with Crippen molar-refractivity contribution >= 4 is 17.7 Å². The van der Waals surface area contributed by atoms with Gasteiger partial charge >= 0.3 is 5.97 Å². The molecule has 0 unspecified atom stereocenters. The van der Waals surface area contributed by atoms with Gasteiger partial charge in [0.25, 0.3) is 0 Å². The summed E-state index contributed by atoms with van der Waals surface area (Å²) >= 11 is 0. The number of aliphatic carboxylic acids is 1. The molecule has 0 aliphatic carbocycles. The lowest BCUT2D eigenvalue weighted by Crippen LogP contribution is -2.54. The fraction of sp³-hybridized carbons (Fsp3) is 0.696. The molecule has 32 heavy (non-hydrogen) atoms. The number of aryl methyl sites for hydroxylation is 1. The second kappa shape index (κ2) is 11.1. The molecule has 3 aliphatic rings. The van der Waals surface area contributed by atoms with Crippen LogP contribution in [0.4, 0.5) is 5.82 Å². The Bertz CT molecular complexity index is 793. The number of fused-ring (bicyclic) bond motifs is 1. The second-order valence-electron chi connectivity index (χ2n) is 8.92. The Morgan fingerprint density at radius 1 is 1.31 bits per heavy atom. The first-order valence-corrected chi connectivity index (χ1v) is 11.8. The summed E-state index contributed by atoms with van der Waals surface area (Å²) in [4.78, 5) is 30.8. The highest BCUT2D eigenvalue weighted by atomic mass is 16.5. The Morgan fingerprint density at radius 2 is 2.12 bits per heavy atom. The van der Waals surface area contributed by atoms with Crippen LogP contribution in [0.5, 0.6) is 0 Å². The maximum absolute atomic E-state index is 12.3. The van der Waals surface area contributed by atoms with Crippen LogP contribution in [0.2, 0.25) is 0 Å². The molecule has 3 N–H and O–H groups in total. The number of hydrogen-bond acceptors (Lipinski definition) is 7. The number of hydrogen-bond donors (Lipinski definition) is 3. The number of aromatic nitrogens is 1. The van der Waals surface area contributed by atoms with Gasteiger partial charge in [-0.3, -0.25) is 9.69 Å². The standard InChI is InChI=1S/C23H34N4O5/c28-22(17-6-11-31-12-7-17)26-20(23(29)30)5-10-27-14-19(15-27)32-13-8-18-4-3-16-2-1-9-24-21(16)25-18/h3-4,17,19-20H,1-2,5-15H2,(H,24,25)(H,26,28)(H,29,30)/t20-/m0/s1. The van der Waals surface area contributed by atoms with E-state index < -0.39 is 12.0 Å². The van der Waals surface area contributed by atoms with E-state index in [1.54, 1.807) is 0 Å². The third-order valence-electron chi connectivity index (χ3n) is 6.53. The fourth-order valence-corrected chi connectivity index (χ4v) is 4.47. The molecule has 9 heteroatoms. The van der Waals surface area contributed by atoms with E-state index in [0.29, 0.717) is 45.6 Å². The topological polar surface area (TPSA) is 113 Å². The van der Waals surface area contributed by atoms with Crippen molar-refractivity contribution in [2.45, 2.75) is 50.7 Å². The predicted molar refractivity (Wildman–Crippen MR) is 119 cm³/mol. The van der Waals surface area contributed by atoms with E-state index in [9.17, 15) is 14.7 Å². The molecule has 176 valence electrons. The molecule has 0 aromatic carbocycles. The van der Waals surface area contributed by atoms with Crippen LogP contribution >= 0.6 is 0 Å². The van der Waals surface area contributed by atoms with Crippen molar-refractivity contribution in [1.82, 2.24) is 15.2 Å².